The number of carbonyl (C=O) groups is 2. The van der Waals surface area contributed by atoms with Crippen molar-refractivity contribution in [2.75, 3.05) is 0 Å². The van der Waals surface area contributed by atoms with E-state index in [1.165, 1.54) is 24.3 Å². The third kappa shape index (κ3) is 4.47. The summed E-state index contributed by atoms with van der Waals surface area (Å²) in [7, 11) is 0. The van der Waals surface area contributed by atoms with Crippen LogP contribution in [0.15, 0.2) is 48.5 Å². The molecule has 0 heterocycles. The lowest BCUT2D eigenvalue weighted by atomic mass is 10.1. The number of carboxylic acids is 2. The number of rotatable bonds is 4. The lowest BCUT2D eigenvalue weighted by Crippen LogP contribution is -3.00. The van der Waals surface area contributed by atoms with Crippen molar-refractivity contribution in [1.29, 1.82) is 0 Å². The zero-order valence-electron chi connectivity index (χ0n) is 10.9. The molecule has 2 aromatic carbocycles. The normalized spacial score (nSPS) is 10.1. The van der Waals surface area contributed by atoms with Gasteiger partial charge in [-0.05, 0) is 35.4 Å². The summed E-state index contributed by atoms with van der Waals surface area (Å²) in [5.41, 5.74) is 2.23. The van der Waals surface area contributed by atoms with E-state index in [-0.39, 0.29) is 23.5 Å². The van der Waals surface area contributed by atoms with Gasteiger partial charge in [-0.1, -0.05) is 36.4 Å². The van der Waals surface area contributed by atoms with E-state index in [2.05, 4.69) is 0 Å². The maximum absolute atomic E-state index is 10.7. The molecule has 0 aliphatic carbocycles. The van der Waals surface area contributed by atoms with E-state index in [1.807, 2.05) is 12.2 Å². The Morgan fingerprint density at radius 3 is 1.19 bits per heavy atom. The average molecular weight is 304 g/mol. The zero-order chi connectivity index (χ0) is 14.5. The van der Waals surface area contributed by atoms with Crippen molar-refractivity contribution in [1.82, 2.24) is 0 Å². The van der Waals surface area contributed by atoms with Crippen LogP contribution in [0.1, 0.15) is 31.8 Å². The maximum atomic E-state index is 10.7. The van der Waals surface area contributed by atoms with Gasteiger partial charge >= 0.3 is 11.9 Å². The van der Waals surface area contributed by atoms with Crippen LogP contribution in [0, 0.1) is 0 Å². The van der Waals surface area contributed by atoms with E-state index in [1.54, 1.807) is 24.3 Å². The Morgan fingerprint density at radius 1 is 0.667 bits per heavy atom. The predicted molar refractivity (Wildman–Crippen MR) is 75.7 cm³/mol. The highest BCUT2D eigenvalue weighted by Gasteiger charge is 2.01. The molecule has 0 bridgehead atoms. The highest BCUT2D eigenvalue weighted by atomic mass is 35.5. The summed E-state index contributed by atoms with van der Waals surface area (Å²) in [6, 6.07) is 13.0. The van der Waals surface area contributed by atoms with E-state index < -0.39 is 11.9 Å². The van der Waals surface area contributed by atoms with Crippen LogP contribution in [0.3, 0.4) is 0 Å². The quantitative estimate of drug-likeness (QED) is 0.795. The molecule has 0 spiro atoms. The van der Waals surface area contributed by atoms with Gasteiger partial charge in [0.25, 0.3) is 0 Å². The molecule has 5 heteroatoms. The molecule has 0 aliphatic heterocycles. The molecule has 21 heavy (non-hydrogen) atoms. The predicted octanol–water partition coefficient (Wildman–Crippen LogP) is 0.257. The van der Waals surface area contributed by atoms with Crippen molar-refractivity contribution in [3.05, 3.63) is 70.8 Å². The lowest BCUT2D eigenvalue weighted by molar-refractivity contribution is -0.0000345. The molecule has 0 fully saturated rings. The number of aromatic carboxylic acids is 2. The molecule has 0 atom stereocenters. The third-order valence-corrected chi connectivity index (χ3v) is 2.78. The minimum atomic E-state index is -0.954. The van der Waals surface area contributed by atoms with Gasteiger partial charge in [-0.2, -0.15) is 0 Å². The molecular weight excluding hydrogens is 292 g/mol. The molecule has 0 saturated heterocycles. The summed E-state index contributed by atoms with van der Waals surface area (Å²) in [5, 5.41) is 17.6. The van der Waals surface area contributed by atoms with Crippen molar-refractivity contribution in [2.24, 2.45) is 0 Å². The van der Waals surface area contributed by atoms with Gasteiger partial charge in [0.1, 0.15) is 0 Å². The first kappa shape index (κ1) is 16.5. The summed E-state index contributed by atoms with van der Waals surface area (Å²) in [4.78, 5) is 21.4. The van der Waals surface area contributed by atoms with Crippen LogP contribution in [0.2, 0.25) is 0 Å². The van der Waals surface area contributed by atoms with Gasteiger partial charge in [-0.15, -0.1) is 0 Å². The van der Waals surface area contributed by atoms with Crippen molar-refractivity contribution >= 4 is 24.1 Å². The molecule has 0 aliphatic rings. The highest BCUT2D eigenvalue weighted by molar-refractivity contribution is 5.88. The smallest absolute Gasteiger partial charge is 0.335 e. The van der Waals surface area contributed by atoms with Crippen molar-refractivity contribution in [3.8, 4) is 0 Å². The van der Waals surface area contributed by atoms with Gasteiger partial charge < -0.3 is 22.6 Å². The van der Waals surface area contributed by atoms with Crippen LogP contribution in [-0.4, -0.2) is 22.2 Å². The first-order chi connectivity index (χ1) is 9.56. The van der Waals surface area contributed by atoms with Gasteiger partial charge in [0.15, 0.2) is 0 Å². The van der Waals surface area contributed by atoms with Gasteiger partial charge in [0.2, 0.25) is 0 Å². The minimum Gasteiger partial charge on any atom is -1.00 e. The molecule has 0 aromatic heterocycles. The van der Waals surface area contributed by atoms with Crippen LogP contribution in [0.25, 0.3) is 12.2 Å². The van der Waals surface area contributed by atoms with E-state index in [4.69, 9.17) is 10.2 Å². The average Bonchev–Trinajstić information content (AvgIpc) is 2.46. The fourth-order valence-corrected chi connectivity index (χ4v) is 1.67. The van der Waals surface area contributed by atoms with Crippen molar-refractivity contribution < 1.29 is 32.2 Å². The Balaban J connectivity index is 0.00000220. The molecule has 0 amide bonds. The lowest BCUT2D eigenvalue weighted by Gasteiger charge is -1.97. The summed E-state index contributed by atoms with van der Waals surface area (Å²) in [6.45, 7) is 0. The van der Waals surface area contributed by atoms with Crippen LogP contribution in [-0.2, 0) is 0 Å². The van der Waals surface area contributed by atoms with Gasteiger partial charge in [-0.25, -0.2) is 9.59 Å². The van der Waals surface area contributed by atoms with E-state index >= 15 is 0 Å². The fourth-order valence-electron chi connectivity index (χ4n) is 1.67. The molecule has 0 radical (unpaired) electrons. The molecular formula is C16H12ClO4-. The molecule has 2 rings (SSSR count). The zero-order valence-corrected chi connectivity index (χ0v) is 11.6. The van der Waals surface area contributed by atoms with Crippen LogP contribution in [0.5, 0.6) is 0 Å². The number of benzene rings is 2. The SMILES string of the molecule is O=C(O)c1ccc(/C=C/c2ccc(C(=O)O)cc2)cc1.[Cl-]. The Hall–Kier alpha value is -2.59. The Labute approximate surface area is 127 Å². The number of hydrogen-bond donors (Lipinski definition) is 2. The fraction of sp³-hybridized carbons (Fsp3) is 0. The van der Waals surface area contributed by atoms with Gasteiger partial charge in [0, 0.05) is 0 Å². The second-order valence-corrected chi connectivity index (χ2v) is 4.19. The monoisotopic (exact) mass is 303 g/mol. The third-order valence-electron chi connectivity index (χ3n) is 2.78. The van der Waals surface area contributed by atoms with E-state index in [9.17, 15) is 9.59 Å². The highest BCUT2D eigenvalue weighted by Crippen LogP contribution is 2.11. The molecule has 4 nitrogen and oxygen atoms in total. The topological polar surface area (TPSA) is 74.6 Å². The standard InChI is InChI=1S/C16H12O4.ClH/c17-15(18)13-7-3-11(4-8-13)1-2-12-5-9-14(10-6-12)16(19)20;/h1-10H,(H,17,18)(H,19,20);1H/p-1/b2-1+;. The van der Waals surface area contributed by atoms with Gasteiger partial charge in [0.05, 0.1) is 11.1 Å². The second kappa shape index (κ2) is 7.26. The second-order valence-electron chi connectivity index (χ2n) is 4.19. The van der Waals surface area contributed by atoms with Crippen LogP contribution < -0.4 is 12.4 Å². The maximum Gasteiger partial charge on any atom is 0.335 e. The Bertz CT molecular complexity index is 598. The molecule has 2 N–H and O–H groups in total. The number of halogens is 1. The van der Waals surface area contributed by atoms with Crippen LogP contribution in [0.4, 0.5) is 0 Å². The number of hydrogen-bond acceptors (Lipinski definition) is 2. The number of carboxylic acid groups (broad SMARTS) is 2. The summed E-state index contributed by atoms with van der Waals surface area (Å²) < 4.78 is 0. The summed E-state index contributed by atoms with van der Waals surface area (Å²) in [6.07, 6.45) is 3.67. The first-order valence-electron chi connectivity index (χ1n) is 5.91. The van der Waals surface area contributed by atoms with Gasteiger partial charge in [-0.3, -0.25) is 0 Å². The molecule has 0 saturated carbocycles. The van der Waals surface area contributed by atoms with E-state index in [0.717, 1.165) is 11.1 Å². The summed E-state index contributed by atoms with van der Waals surface area (Å²) in [5.74, 6) is -1.91. The van der Waals surface area contributed by atoms with Crippen LogP contribution >= 0.6 is 0 Å². The largest absolute Gasteiger partial charge is 1.00 e. The molecule has 0 unspecified atom stereocenters. The summed E-state index contributed by atoms with van der Waals surface area (Å²) >= 11 is 0. The van der Waals surface area contributed by atoms with Crippen molar-refractivity contribution in [3.63, 3.8) is 0 Å². The molecule has 2 aromatic rings. The first-order valence-corrected chi connectivity index (χ1v) is 5.91. The Kier molecular flexibility index (Phi) is 5.69. The Morgan fingerprint density at radius 2 is 0.952 bits per heavy atom. The van der Waals surface area contributed by atoms with Crippen molar-refractivity contribution in [2.45, 2.75) is 0 Å². The molecule has 108 valence electrons. The minimum absolute atomic E-state index is 0. The van der Waals surface area contributed by atoms with E-state index in [0.29, 0.717) is 0 Å².